The molecule has 94 valence electrons. The van der Waals surface area contributed by atoms with Gasteiger partial charge in [-0.2, -0.15) is 0 Å². The Hall–Kier alpha value is -1.75. The lowest BCUT2D eigenvalue weighted by atomic mass is 10.0. The fraction of sp³-hybridized carbons (Fsp3) is 0.417. The summed E-state index contributed by atoms with van der Waals surface area (Å²) in [6.07, 6.45) is 0. The van der Waals surface area contributed by atoms with Crippen LogP contribution >= 0.6 is 0 Å². The van der Waals surface area contributed by atoms with Crippen molar-refractivity contribution in [2.24, 2.45) is 5.92 Å². The lowest BCUT2D eigenvalue weighted by Crippen LogP contribution is -2.41. The number of aliphatic hydroxyl groups is 1. The number of carbonyl (C=O) groups is 1. The number of carbonyl (C=O) groups excluding carboxylic acids is 1. The third-order valence-corrected chi connectivity index (χ3v) is 2.64. The van der Waals surface area contributed by atoms with Gasteiger partial charge in [0.15, 0.2) is 0 Å². The summed E-state index contributed by atoms with van der Waals surface area (Å²) in [4.78, 5) is 11.9. The minimum atomic E-state index is -0.296. The molecule has 0 saturated carbocycles. The number of anilines is 2. The summed E-state index contributed by atoms with van der Waals surface area (Å²) >= 11 is 0. The summed E-state index contributed by atoms with van der Waals surface area (Å²) in [7, 11) is 0. The second-order valence-electron chi connectivity index (χ2n) is 4.35. The van der Waals surface area contributed by atoms with Gasteiger partial charge in [-0.15, -0.1) is 0 Å². The van der Waals surface area contributed by atoms with E-state index in [2.05, 4.69) is 5.32 Å². The maximum Gasteiger partial charge on any atom is 0.253 e. The topological polar surface area (TPSA) is 101 Å². The first-order valence-corrected chi connectivity index (χ1v) is 5.52. The molecule has 1 atom stereocenters. The van der Waals surface area contributed by atoms with Crippen LogP contribution in [-0.2, 0) is 0 Å². The third-order valence-electron chi connectivity index (χ3n) is 2.64. The lowest BCUT2D eigenvalue weighted by Gasteiger charge is -2.20. The molecule has 1 rings (SSSR count). The van der Waals surface area contributed by atoms with Gasteiger partial charge in [-0.05, 0) is 24.1 Å². The molecule has 1 amide bonds. The van der Waals surface area contributed by atoms with E-state index < -0.39 is 0 Å². The summed E-state index contributed by atoms with van der Waals surface area (Å²) in [5.74, 6) is -0.144. The van der Waals surface area contributed by atoms with Crippen LogP contribution < -0.4 is 16.8 Å². The van der Waals surface area contributed by atoms with Gasteiger partial charge in [-0.3, -0.25) is 4.79 Å². The van der Waals surface area contributed by atoms with Gasteiger partial charge in [0.05, 0.1) is 18.2 Å². The highest BCUT2D eigenvalue weighted by Gasteiger charge is 2.17. The molecule has 0 radical (unpaired) electrons. The van der Waals surface area contributed by atoms with Crippen molar-refractivity contribution >= 4 is 17.3 Å². The van der Waals surface area contributed by atoms with Gasteiger partial charge in [0.2, 0.25) is 0 Å². The Labute approximate surface area is 101 Å². The third kappa shape index (κ3) is 3.35. The van der Waals surface area contributed by atoms with Crippen LogP contribution in [0.1, 0.15) is 24.2 Å². The second-order valence-corrected chi connectivity index (χ2v) is 4.35. The average Bonchev–Trinajstić information content (AvgIpc) is 2.24. The molecule has 0 aliphatic rings. The summed E-state index contributed by atoms with van der Waals surface area (Å²) in [5.41, 5.74) is 12.5. The summed E-state index contributed by atoms with van der Waals surface area (Å²) in [5, 5.41) is 11.9. The Kier molecular flexibility index (Phi) is 4.34. The van der Waals surface area contributed by atoms with Crippen LogP contribution in [-0.4, -0.2) is 23.7 Å². The largest absolute Gasteiger partial charge is 0.399 e. The number of aliphatic hydroxyl groups excluding tert-OH is 1. The Morgan fingerprint density at radius 3 is 2.53 bits per heavy atom. The monoisotopic (exact) mass is 237 g/mol. The first-order valence-electron chi connectivity index (χ1n) is 5.52. The van der Waals surface area contributed by atoms with Gasteiger partial charge < -0.3 is 21.9 Å². The van der Waals surface area contributed by atoms with Crippen LogP contribution in [0.3, 0.4) is 0 Å². The quantitative estimate of drug-likeness (QED) is 0.576. The van der Waals surface area contributed by atoms with Crippen LogP contribution in [0, 0.1) is 5.92 Å². The number of hydrogen-bond donors (Lipinski definition) is 4. The van der Waals surface area contributed by atoms with E-state index in [-0.39, 0.29) is 24.5 Å². The molecule has 6 N–H and O–H groups in total. The zero-order valence-corrected chi connectivity index (χ0v) is 10.1. The predicted molar refractivity (Wildman–Crippen MR) is 68.4 cm³/mol. The Morgan fingerprint density at radius 2 is 2.06 bits per heavy atom. The first-order chi connectivity index (χ1) is 7.95. The molecule has 0 unspecified atom stereocenters. The van der Waals surface area contributed by atoms with E-state index in [1.54, 1.807) is 12.1 Å². The van der Waals surface area contributed by atoms with E-state index in [4.69, 9.17) is 16.6 Å². The number of amides is 1. The number of rotatable bonds is 4. The normalized spacial score (nSPS) is 12.5. The lowest BCUT2D eigenvalue weighted by molar-refractivity contribution is 0.0898. The van der Waals surface area contributed by atoms with Crippen molar-refractivity contribution in [2.45, 2.75) is 19.9 Å². The fourth-order valence-electron chi connectivity index (χ4n) is 1.46. The molecule has 1 aromatic rings. The molecule has 5 nitrogen and oxygen atoms in total. The zero-order valence-electron chi connectivity index (χ0n) is 10.1. The Balaban J connectivity index is 2.82. The van der Waals surface area contributed by atoms with Crippen molar-refractivity contribution in [3.8, 4) is 0 Å². The summed E-state index contributed by atoms with van der Waals surface area (Å²) < 4.78 is 0. The van der Waals surface area contributed by atoms with Gasteiger partial charge >= 0.3 is 0 Å². The molecular weight excluding hydrogens is 218 g/mol. The Morgan fingerprint density at radius 1 is 1.41 bits per heavy atom. The molecule has 0 fully saturated rings. The standard InChI is InChI=1S/C12H19N3O2/c1-7(2)11(6-16)15-12(17)9-4-3-8(13)5-10(9)14/h3-5,7,11,16H,6,13-14H2,1-2H3,(H,15,17)/t11-/m1/s1. The minimum absolute atomic E-state index is 0.0989. The van der Waals surface area contributed by atoms with E-state index in [1.807, 2.05) is 13.8 Å². The minimum Gasteiger partial charge on any atom is -0.399 e. The molecule has 0 saturated heterocycles. The van der Waals surface area contributed by atoms with Crippen LogP contribution in [0.15, 0.2) is 18.2 Å². The molecule has 0 aromatic heterocycles. The van der Waals surface area contributed by atoms with Gasteiger partial charge in [-0.25, -0.2) is 0 Å². The first kappa shape index (κ1) is 13.3. The molecule has 17 heavy (non-hydrogen) atoms. The summed E-state index contributed by atoms with van der Waals surface area (Å²) in [6, 6.07) is 4.46. The molecule has 0 heterocycles. The highest BCUT2D eigenvalue weighted by atomic mass is 16.3. The number of benzene rings is 1. The smallest absolute Gasteiger partial charge is 0.253 e. The maximum absolute atomic E-state index is 11.9. The SMILES string of the molecule is CC(C)[C@@H](CO)NC(=O)c1ccc(N)cc1N. The van der Waals surface area contributed by atoms with E-state index in [0.29, 0.717) is 16.9 Å². The number of nitrogens with two attached hydrogens (primary N) is 2. The van der Waals surface area contributed by atoms with Crippen molar-refractivity contribution in [3.63, 3.8) is 0 Å². The van der Waals surface area contributed by atoms with Gasteiger partial charge in [-0.1, -0.05) is 13.8 Å². The molecule has 0 aliphatic heterocycles. The average molecular weight is 237 g/mol. The molecule has 1 aromatic carbocycles. The molecule has 0 aliphatic carbocycles. The van der Waals surface area contributed by atoms with Crippen LogP contribution in [0.25, 0.3) is 0 Å². The highest BCUT2D eigenvalue weighted by Crippen LogP contribution is 2.16. The van der Waals surface area contributed by atoms with Crippen molar-refractivity contribution in [2.75, 3.05) is 18.1 Å². The van der Waals surface area contributed by atoms with Crippen LogP contribution in [0.5, 0.6) is 0 Å². The van der Waals surface area contributed by atoms with E-state index >= 15 is 0 Å². The van der Waals surface area contributed by atoms with Gasteiger partial charge in [0.1, 0.15) is 0 Å². The zero-order chi connectivity index (χ0) is 13.0. The fourth-order valence-corrected chi connectivity index (χ4v) is 1.46. The summed E-state index contributed by atoms with van der Waals surface area (Å²) in [6.45, 7) is 3.75. The van der Waals surface area contributed by atoms with Crippen molar-refractivity contribution < 1.29 is 9.90 Å². The molecule has 0 bridgehead atoms. The second kappa shape index (κ2) is 5.54. The molecular formula is C12H19N3O2. The van der Waals surface area contributed by atoms with E-state index in [9.17, 15) is 4.79 Å². The Bertz CT molecular complexity index is 405. The molecule has 5 heteroatoms. The number of nitrogen functional groups attached to an aromatic ring is 2. The van der Waals surface area contributed by atoms with E-state index in [0.717, 1.165) is 0 Å². The van der Waals surface area contributed by atoms with Crippen LogP contribution in [0.2, 0.25) is 0 Å². The van der Waals surface area contributed by atoms with Crippen molar-refractivity contribution in [1.82, 2.24) is 5.32 Å². The van der Waals surface area contributed by atoms with Crippen molar-refractivity contribution in [3.05, 3.63) is 23.8 Å². The number of hydrogen-bond acceptors (Lipinski definition) is 4. The van der Waals surface area contributed by atoms with Gasteiger partial charge in [0.25, 0.3) is 5.91 Å². The van der Waals surface area contributed by atoms with Gasteiger partial charge in [0, 0.05) is 11.4 Å². The maximum atomic E-state index is 11.9. The highest BCUT2D eigenvalue weighted by molar-refractivity contribution is 5.99. The molecule has 0 spiro atoms. The van der Waals surface area contributed by atoms with E-state index in [1.165, 1.54) is 6.07 Å². The number of nitrogens with one attached hydrogen (secondary N) is 1. The van der Waals surface area contributed by atoms with Crippen LogP contribution in [0.4, 0.5) is 11.4 Å². The predicted octanol–water partition coefficient (Wildman–Crippen LogP) is 0.598. The van der Waals surface area contributed by atoms with Crippen molar-refractivity contribution in [1.29, 1.82) is 0 Å².